The molecule has 0 saturated carbocycles. The molecular weight excluding hydrogens is 98.8 g/mol. The number of hydrogen-bond donors (Lipinski definition) is 0. The van der Waals surface area contributed by atoms with E-state index in [1.54, 1.807) is 0 Å². The summed E-state index contributed by atoms with van der Waals surface area (Å²) in [5.41, 5.74) is 0. The summed E-state index contributed by atoms with van der Waals surface area (Å²) in [5.74, 6) is 0. The quantitative estimate of drug-likeness (QED) is 0.316. The summed E-state index contributed by atoms with van der Waals surface area (Å²) in [7, 11) is 0. The number of rotatable bonds is 0. The van der Waals surface area contributed by atoms with E-state index in [9.17, 15) is 0 Å². The summed E-state index contributed by atoms with van der Waals surface area (Å²) in [5, 5.41) is 0. The van der Waals surface area contributed by atoms with Gasteiger partial charge in [-0.3, -0.25) is 0 Å². The van der Waals surface area contributed by atoms with Crippen LogP contribution in [0.3, 0.4) is 0 Å². The van der Waals surface area contributed by atoms with Crippen LogP contribution in [0.2, 0.25) is 0 Å². The molecule has 0 amide bonds. The van der Waals surface area contributed by atoms with Crippen LogP contribution in [0.15, 0.2) is 0 Å². The summed E-state index contributed by atoms with van der Waals surface area (Å²) in [6.07, 6.45) is 0. The second-order valence-electron chi connectivity index (χ2n) is 0. The Kier molecular flexibility index (Phi) is 727. The SMILES string of the molecule is B.C.[SiH4].[Ti]. The largest absolute Gasteiger partial charge is 0.0814 e. The third-order valence-corrected chi connectivity index (χ3v) is 0. The van der Waals surface area contributed by atoms with Gasteiger partial charge >= 0.3 is 0 Å². The second-order valence-corrected chi connectivity index (χ2v) is 0. The minimum absolute atomic E-state index is 0. The van der Waals surface area contributed by atoms with E-state index in [0.29, 0.717) is 0 Å². The molecule has 0 aromatic heterocycles. The molecule has 0 fully saturated rings. The minimum atomic E-state index is 0. The van der Waals surface area contributed by atoms with Crippen molar-refractivity contribution < 1.29 is 21.7 Å². The first-order valence-corrected chi connectivity index (χ1v) is 0. The summed E-state index contributed by atoms with van der Waals surface area (Å²) in [6.45, 7) is 0. The molecule has 0 aliphatic carbocycles. The molecule has 0 radical (unpaired) electrons. The Morgan fingerprint density at radius 1 is 1.00 bits per heavy atom. The van der Waals surface area contributed by atoms with Crippen LogP contribution in [-0.4, -0.2) is 19.4 Å². The molecule has 0 bridgehead atoms. The maximum atomic E-state index is 0. The molecule has 0 unspecified atom stereocenters. The van der Waals surface area contributed by atoms with Crippen molar-refractivity contribution in [3.63, 3.8) is 0 Å². The molecule has 0 saturated heterocycles. The van der Waals surface area contributed by atoms with Crippen LogP contribution in [0.25, 0.3) is 0 Å². The second kappa shape index (κ2) is 36.2. The van der Waals surface area contributed by atoms with E-state index in [0.717, 1.165) is 0 Å². The molecule has 0 nitrogen and oxygen atoms in total. The van der Waals surface area contributed by atoms with Gasteiger partial charge in [0.05, 0.1) is 8.41 Å². The average Bonchev–Trinajstić information content (AvgIpc) is 0. The third-order valence-electron chi connectivity index (χ3n) is 0. The van der Waals surface area contributed by atoms with Gasteiger partial charge in [-0.25, -0.2) is 0 Å². The molecule has 0 spiro atoms. The van der Waals surface area contributed by atoms with Crippen molar-refractivity contribution in [2.45, 2.75) is 7.43 Å². The fraction of sp³-hybridized carbons (Fsp3) is 1.00. The van der Waals surface area contributed by atoms with Crippen LogP contribution in [0, 0.1) is 0 Å². The van der Waals surface area contributed by atoms with Crippen LogP contribution in [-0.2, 0) is 21.7 Å². The van der Waals surface area contributed by atoms with E-state index in [-0.39, 0.29) is 48.5 Å². The third kappa shape index (κ3) is 12.0. The van der Waals surface area contributed by atoms with E-state index in [2.05, 4.69) is 0 Å². The molecule has 3 heteroatoms. The Labute approximate surface area is 48.8 Å². The molecule has 0 heterocycles. The molecule has 0 aliphatic rings. The van der Waals surface area contributed by atoms with Crippen molar-refractivity contribution in [2.75, 3.05) is 0 Å². The molecule has 0 N–H and O–H groups in total. The van der Waals surface area contributed by atoms with Gasteiger partial charge in [-0.1, -0.05) is 7.43 Å². The van der Waals surface area contributed by atoms with Gasteiger partial charge < -0.3 is 0 Å². The maximum absolute atomic E-state index is 0. The van der Waals surface area contributed by atoms with Crippen LogP contribution in [0.4, 0.5) is 0 Å². The Bertz CT molecular complexity index is 8.00. The van der Waals surface area contributed by atoms with Gasteiger partial charge in [0.2, 0.25) is 0 Å². The van der Waals surface area contributed by atoms with Crippen molar-refractivity contribution in [3.05, 3.63) is 0 Å². The molecular formula is CH11BSiTi. The van der Waals surface area contributed by atoms with Gasteiger partial charge in [0, 0.05) is 21.7 Å². The summed E-state index contributed by atoms with van der Waals surface area (Å²) in [6, 6.07) is 0. The Hall–Kier alpha value is 0.996. The van der Waals surface area contributed by atoms with E-state index >= 15 is 0 Å². The number of hydrogen-bond acceptors (Lipinski definition) is 0. The molecule has 0 atom stereocenters. The monoisotopic (exact) mass is 110 g/mol. The predicted octanol–water partition coefficient (Wildman–Crippen LogP) is -2.00. The molecule has 0 aliphatic heterocycles. The van der Waals surface area contributed by atoms with Crippen molar-refractivity contribution >= 4 is 19.4 Å². The topological polar surface area (TPSA) is 0 Å². The van der Waals surface area contributed by atoms with E-state index in [1.165, 1.54) is 0 Å². The van der Waals surface area contributed by atoms with Crippen molar-refractivity contribution in [1.29, 1.82) is 0 Å². The molecule has 0 aromatic rings. The molecule has 26 valence electrons. The molecule has 0 aromatic carbocycles. The van der Waals surface area contributed by atoms with Gasteiger partial charge in [-0.2, -0.15) is 0 Å². The van der Waals surface area contributed by atoms with Crippen LogP contribution in [0.1, 0.15) is 7.43 Å². The smallest absolute Gasteiger partial charge is 0.0776 e. The van der Waals surface area contributed by atoms with Gasteiger partial charge in [-0.15, -0.1) is 0 Å². The first kappa shape index (κ1) is 80.4. The molecule has 0 rings (SSSR count). The van der Waals surface area contributed by atoms with Crippen molar-refractivity contribution in [3.8, 4) is 0 Å². The first-order valence-electron chi connectivity index (χ1n) is 0. The Morgan fingerprint density at radius 2 is 1.00 bits per heavy atom. The van der Waals surface area contributed by atoms with Gasteiger partial charge in [-0.05, 0) is 11.0 Å². The minimum Gasteiger partial charge on any atom is -0.0776 e. The zero-order valence-corrected chi connectivity index (χ0v) is 2.06. The van der Waals surface area contributed by atoms with E-state index < -0.39 is 0 Å². The van der Waals surface area contributed by atoms with Crippen LogP contribution < -0.4 is 0 Å². The van der Waals surface area contributed by atoms with E-state index in [4.69, 9.17) is 0 Å². The van der Waals surface area contributed by atoms with Crippen LogP contribution >= 0.6 is 0 Å². The Balaban J connectivity index is 0. The Morgan fingerprint density at radius 3 is 1.00 bits per heavy atom. The molecule has 4 heavy (non-hydrogen) atoms. The summed E-state index contributed by atoms with van der Waals surface area (Å²) in [4.78, 5) is 0. The summed E-state index contributed by atoms with van der Waals surface area (Å²) < 4.78 is 0. The first-order chi connectivity index (χ1) is 0. The average molecular weight is 110 g/mol. The maximum Gasteiger partial charge on any atom is 0.0814 e. The van der Waals surface area contributed by atoms with Gasteiger partial charge in [0.1, 0.15) is 0 Å². The van der Waals surface area contributed by atoms with Crippen molar-refractivity contribution in [2.24, 2.45) is 0 Å². The fourth-order valence-corrected chi connectivity index (χ4v) is 0. The van der Waals surface area contributed by atoms with Gasteiger partial charge in [0.15, 0.2) is 0 Å². The van der Waals surface area contributed by atoms with Crippen LogP contribution in [0.5, 0.6) is 0 Å². The summed E-state index contributed by atoms with van der Waals surface area (Å²) >= 11 is 0. The zero-order chi connectivity index (χ0) is 0. The predicted molar refractivity (Wildman–Crippen MR) is 28.0 cm³/mol. The van der Waals surface area contributed by atoms with Crippen molar-refractivity contribution in [1.82, 2.24) is 0 Å². The fourth-order valence-electron chi connectivity index (χ4n) is 0. The zero-order valence-electron chi connectivity index (χ0n) is 0.500. The van der Waals surface area contributed by atoms with Gasteiger partial charge in [0.25, 0.3) is 0 Å². The standard InChI is InChI=1S/CH4.BH3.H4Si.Ti/h1H4;1H3;1H4;. The normalized spacial score (nSPS) is 0. The van der Waals surface area contributed by atoms with E-state index in [1.807, 2.05) is 0 Å².